The lowest BCUT2D eigenvalue weighted by atomic mass is 9.91. The van der Waals surface area contributed by atoms with Gasteiger partial charge in [0.1, 0.15) is 11.4 Å². The van der Waals surface area contributed by atoms with Crippen molar-refractivity contribution in [3.8, 4) is 5.75 Å². The number of aromatic amines is 1. The first kappa shape index (κ1) is 18.5. The molecule has 0 saturated carbocycles. The molecular formula is C22H22F2N2O2. The fourth-order valence-corrected chi connectivity index (χ4v) is 4.14. The van der Waals surface area contributed by atoms with E-state index in [1.54, 1.807) is 18.2 Å². The van der Waals surface area contributed by atoms with E-state index in [0.29, 0.717) is 23.1 Å². The molecule has 0 spiro atoms. The highest BCUT2D eigenvalue weighted by atomic mass is 19.3. The number of alkyl halides is 2. The van der Waals surface area contributed by atoms with Crippen molar-refractivity contribution in [2.45, 2.75) is 38.3 Å². The lowest BCUT2D eigenvalue weighted by molar-refractivity contribution is -0.0487. The molecule has 1 fully saturated rings. The van der Waals surface area contributed by atoms with Gasteiger partial charge in [-0.25, -0.2) is 0 Å². The number of hydrogen-bond donors (Lipinski definition) is 1. The van der Waals surface area contributed by atoms with Gasteiger partial charge in [0.25, 0.3) is 5.91 Å². The molecule has 4 nitrogen and oxygen atoms in total. The second-order valence-corrected chi connectivity index (χ2v) is 7.82. The Bertz CT molecular complexity index is 998. The Labute approximate surface area is 162 Å². The lowest BCUT2D eigenvalue weighted by Crippen LogP contribution is -2.42. The molecule has 0 bridgehead atoms. The van der Waals surface area contributed by atoms with E-state index in [1.807, 2.05) is 23.1 Å². The second kappa shape index (κ2) is 6.93. The number of nitrogens with one attached hydrogen (secondary N) is 1. The molecule has 1 N–H and O–H groups in total. The summed E-state index contributed by atoms with van der Waals surface area (Å²) in [5, 5.41) is 0.475. The lowest BCUT2D eigenvalue weighted by Gasteiger charge is -2.31. The van der Waals surface area contributed by atoms with Crippen LogP contribution in [-0.4, -0.2) is 34.5 Å². The molecule has 6 heteroatoms. The summed E-state index contributed by atoms with van der Waals surface area (Å²) in [5.74, 6) is 0.190. The molecule has 28 heavy (non-hydrogen) atoms. The molecule has 1 aliphatic rings. The van der Waals surface area contributed by atoms with E-state index in [-0.39, 0.29) is 23.1 Å². The van der Waals surface area contributed by atoms with Gasteiger partial charge in [-0.05, 0) is 44.0 Å². The number of H-pyrrole nitrogens is 1. The first-order chi connectivity index (χ1) is 13.3. The first-order valence-corrected chi connectivity index (χ1v) is 9.28. The summed E-state index contributed by atoms with van der Waals surface area (Å²) < 4.78 is 29.9. The van der Waals surface area contributed by atoms with E-state index in [9.17, 15) is 13.6 Å². The summed E-state index contributed by atoms with van der Waals surface area (Å²) >= 11 is 0. The van der Waals surface area contributed by atoms with Gasteiger partial charge in [0, 0.05) is 28.9 Å². The molecule has 1 unspecified atom stereocenters. The van der Waals surface area contributed by atoms with E-state index < -0.39 is 6.61 Å². The summed E-state index contributed by atoms with van der Waals surface area (Å²) in [6.07, 6.45) is 0.864. The Kier molecular flexibility index (Phi) is 4.57. The van der Waals surface area contributed by atoms with Crippen molar-refractivity contribution in [2.75, 3.05) is 6.54 Å². The minimum atomic E-state index is -2.91. The van der Waals surface area contributed by atoms with Crippen LogP contribution in [0.4, 0.5) is 8.78 Å². The second-order valence-electron chi connectivity index (χ2n) is 7.82. The molecule has 1 atom stereocenters. The standard InChI is InChI=1S/C22H22F2N2O2/c1-22(2)12-15(14-7-4-3-5-8-14)13-26(22)20(27)18-11-16-17(25-18)9-6-10-19(16)28-21(23)24/h3-11,15,21,25H,12-13H2,1-2H3. The molecule has 1 aliphatic heterocycles. The predicted octanol–water partition coefficient (Wildman–Crippen LogP) is 5.18. The molecule has 1 saturated heterocycles. The average molecular weight is 384 g/mol. The van der Waals surface area contributed by atoms with Gasteiger partial charge >= 0.3 is 6.61 Å². The van der Waals surface area contributed by atoms with Crippen LogP contribution in [0.3, 0.4) is 0 Å². The maximum Gasteiger partial charge on any atom is 0.387 e. The molecule has 2 aromatic carbocycles. The highest BCUT2D eigenvalue weighted by molar-refractivity contribution is 6.00. The number of carbonyl (C=O) groups is 1. The first-order valence-electron chi connectivity index (χ1n) is 9.28. The number of hydrogen-bond acceptors (Lipinski definition) is 2. The largest absolute Gasteiger partial charge is 0.434 e. The van der Waals surface area contributed by atoms with Gasteiger partial charge in [-0.2, -0.15) is 8.78 Å². The Morgan fingerprint density at radius 3 is 2.64 bits per heavy atom. The third kappa shape index (κ3) is 3.35. The Morgan fingerprint density at radius 2 is 1.93 bits per heavy atom. The zero-order chi connectivity index (χ0) is 19.9. The van der Waals surface area contributed by atoms with Gasteiger partial charge in [0.05, 0.1) is 0 Å². The normalized spacial score (nSPS) is 18.8. The molecular weight excluding hydrogens is 362 g/mol. The van der Waals surface area contributed by atoms with Crippen LogP contribution < -0.4 is 4.74 Å². The minimum absolute atomic E-state index is 0.0608. The number of likely N-dealkylation sites (tertiary alicyclic amines) is 1. The van der Waals surface area contributed by atoms with E-state index in [4.69, 9.17) is 0 Å². The van der Waals surface area contributed by atoms with Crippen LogP contribution in [0.5, 0.6) is 5.75 Å². The van der Waals surface area contributed by atoms with Crippen LogP contribution in [0.1, 0.15) is 42.2 Å². The third-order valence-corrected chi connectivity index (χ3v) is 5.47. The van der Waals surface area contributed by atoms with Crippen molar-refractivity contribution in [1.29, 1.82) is 0 Å². The van der Waals surface area contributed by atoms with Crippen molar-refractivity contribution in [1.82, 2.24) is 9.88 Å². The van der Waals surface area contributed by atoms with Crippen molar-refractivity contribution in [3.63, 3.8) is 0 Å². The number of carbonyl (C=O) groups excluding carboxylic acids is 1. The van der Waals surface area contributed by atoms with E-state index >= 15 is 0 Å². The molecule has 0 radical (unpaired) electrons. The van der Waals surface area contributed by atoms with Crippen molar-refractivity contribution < 1.29 is 18.3 Å². The van der Waals surface area contributed by atoms with Crippen LogP contribution in [0.15, 0.2) is 54.6 Å². The van der Waals surface area contributed by atoms with Gasteiger partial charge in [-0.3, -0.25) is 4.79 Å². The quantitative estimate of drug-likeness (QED) is 0.674. The molecule has 1 aromatic heterocycles. The molecule has 146 valence electrons. The minimum Gasteiger partial charge on any atom is -0.434 e. The van der Waals surface area contributed by atoms with Crippen LogP contribution in [0, 0.1) is 0 Å². The van der Waals surface area contributed by atoms with Gasteiger partial charge in [0.2, 0.25) is 0 Å². The highest BCUT2D eigenvalue weighted by Gasteiger charge is 2.42. The number of benzene rings is 2. The van der Waals surface area contributed by atoms with E-state index in [2.05, 4.69) is 35.7 Å². The summed E-state index contributed by atoms with van der Waals surface area (Å²) in [5.41, 5.74) is 1.88. The van der Waals surface area contributed by atoms with E-state index in [0.717, 1.165) is 6.42 Å². The van der Waals surface area contributed by atoms with E-state index in [1.165, 1.54) is 11.6 Å². The van der Waals surface area contributed by atoms with Crippen molar-refractivity contribution in [3.05, 3.63) is 65.9 Å². The number of halogens is 2. The number of ether oxygens (including phenoxy) is 1. The predicted molar refractivity (Wildman–Crippen MR) is 104 cm³/mol. The third-order valence-electron chi connectivity index (χ3n) is 5.47. The van der Waals surface area contributed by atoms with Crippen molar-refractivity contribution >= 4 is 16.8 Å². The smallest absolute Gasteiger partial charge is 0.387 e. The van der Waals surface area contributed by atoms with Crippen LogP contribution >= 0.6 is 0 Å². The SMILES string of the molecule is CC1(C)CC(c2ccccc2)CN1C(=O)c1cc2c(OC(F)F)cccc2[nH]1. The molecule has 4 rings (SSSR count). The molecule has 2 heterocycles. The van der Waals surface area contributed by atoms with Gasteiger partial charge in [-0.1, -0.05) is 36.4 Å². The Balaban J connectivity index is 1.63. The Hall–Kier alpha value is -2.89. The zero-order valence-corrected chi connectivity index (χ0v) is 15.8. The van der Waals surface area contributed by atoms with Gasteiger partial charge in [0.15, 0.2) is 0 Å². The van der Waals surface area contributed by atoms with Gasteiger partial charge in [-0.15, -0.1) is 0 Å². The topological polar surface area (TPSA) is 45.3 Å². The fourth-order valence-electron chi connectivity index (χ4n) is 4.14. The summed E-state index contributed by atoms with van der Waals surface area (Å²) in [7, 11) is 0. The van der Waals surface area contributed by atoms with Crippen molar-refractivity contribution in [2.24, 2.45) is 0 Å². The summed E-state index contributed by atoms with van der Waals surface area (Å²) in [6.45, 7) is 1.82. The number of aromatic nitrogens is 1. The van der Waals surface area contributed by atoms with Gasteiger partial charge < -0.3 is 14.6 Å². The number of amides is 1. The summed E-state index contributed by atoms with van der Waals surface area (Å²) in [6, 6.07) is 16.6. The zero-order valence-electron chi connectivity index (χ0n) is 15.8. The monoisotopic (exact) mass is 384 g/mol. The average Bonchev–Trinajstić information content (AvgIpc) is 3.23. The summed E-state index contributed by atoms with van der Waals surface area (Å²) in [4.78, 5) is 18.2. The molecule has 3 aromatic rings. The maximum absolute atomic E-state index is 13.2. The molecule has 0 aliphatic carbocycles. The fraction of sp³-hybridized carbons (Fsp3) is 0.318. The number of rotatable bonds is 4. The maximum atomic E-state index is 13.2. The number of fused-ring (bicyclic) bond motifs is 1. The highest BCUT2D eigenvalue weighted by Crippen LogP contribution is 2.39. The Morgan fingerprint density at radius 1 is 1.18 bits per heavy atom. The van der Waals surface area contributed by atoms with Crippen LogP contribution in [0.25, 0.3) is 10.9 Å². The molecule has 1 amide bonds. The van der Waals surface area contributed by atoms with Crippen LogP contribution in [-0.2, 0) is 0 Å². The van der Waals surface area contributed by atoms with Crippen LogP contribution in [0.2, 0.25) is 0 Å². The number of nitrogens with zero attached hydrogens (tertiary/aromatic N) is 1.